The number of carbonyl (C=O) groups is 1. The molecule has 0 amide bonds. The van der Waals surface area contributed by atoms with Crippen molar-refractivity contribution >= 4 is 5.78 Å². The molecule has 0 aliphatic carbocycles. The number of ether oxygens (including phenoxy) is 4. The third-order valence-corrected chi connectivity index (χ3v) is 4.22. The first kappa shape index (κ1) is 16.2. The van der Waals surface area contributed by atoms with Gasteiger partial charge in [-0.05, 0) is 30.2 Å². The van der Waals surface area contributed by atoms with Gasteiger partial charge in [0.25, 0.3) is 0 Å². The summed E-state index contributed by atoms with van der Waals surface area (Å²) < 4.78 is 21.9. The Morgan fingerprint density at radius 2 is 1.75 bits per heavy atom. The van der Waals surface area contributed by atoms with Crippen molar-refractivity contribution in [1.29, 1.82) is 0 Å². The minimum absolute atomic E-state index is 0.0914. The Morgan fingerprint density at radius 3 is 2.46 bits per heavy atom. The molecule has 24 heavy (non-hydrogen) atoms. The number of rotatable bonds is 5. The van der Waals surface area contributed by atoms with E-state index < -0.39 is 0 Å². The second-order valence-electron chi connectivity index (χ2n) is 5.57. The zero-order chi connectivity index (χ0) is 17.1. The number of hydrogen-bond acceptors (Lipinski definition) is 5. The number of benzene rings is 2. The van der Waals surface area contributed by atoms with E-state index in [-0.39, 0.29) is 11.7 Å². The van der Waals surface area contributed by atoms with Crippen molar-refractivity contribution in [3.63, 3.8) is 0 Å². The summed E-state index contributed by atoms with van der Waals surface area (Å²) in [5.41, 5.74) is 1.52. The van der Waals surface area contributed by atoms with Gasteiger partial charge in [0, 0.05) is 0 Å². The van der Waals surface area contributed by atoms with E-state index >= 15 is 0 Å². The molecule has 1 aliphatic rings. The first-order chi connectivity index (χ1) is 11.7. The highest BCUT2D eigenvalue weighted by atomic mass is 16.5. The van der Waals surface area contributed by atoms with Crippen LogP contribution in [-0.4, -0.2) is 33.7 Å². The minimum Gasteiger partial charge on any atom is -0.493 e. The fourth-order valence-corrected chi connectivity index (χ4v) is 3.02. The Hall–Kier alpha value is -2.69. The Kier molecular flexibility index (Phi) is 4.60. The lowest BCUT2D eigenvalue weighted by Gasteiger charge is -2.25. The van der Waals surface area contributed by atoms with E-state index in [1.54, 1.807) is 27.4 Å². The van der Waals surface area contributed by atoms with Crippen LogP contribution in [-0.2, 0) is 6.42 Å². The van der Waals surface area contributed by atoms with Gasteiger partial charge in [0.2, 0.25) is 5.75 Å². The minimum atomic E-state index is -0.257. The fourth-order valence-electron chi connectivity index (χ4n) is 3.02. The van der Waals surface area contributed by atoms with Gasteiger partial charge >= 0.3 is 0 Å². The predicted molar refractivity (Wildman–Crippen MR) is 89.6 cm³/mol. The topological polar surface area (TPSA) is 54.0 Å². The molecule has 2 aromatic rings. The van der Waals surface area contributed by atoms with Gasteiger partial charge in [-0.2, -0.15) is 0 Å². The summed E-state index contributed by atoms with van der Waals surface area (Å²) in [5.74, 6) is 2.19. The van der Waals surface area contributed by atoms with Crippen LogP contribution in [0.25, 0.3) is 0 Å². The van der Waals surface area contributed by atoms with Gasteiger partial charge in [0.1, 0.15) is 5.75 Å². The largest absolute Gasteiger partial charge is 0.493 e. The molecule has 1 aliphatic heterocycles. The van der Waals surface area contributed by atoms with Crippen molar-refractivity contribution in [2.75, 3.05) is 27.9 Å². The molecule has 5 heteroatoms. The van der Waals surface area contributed by atoms with E-state index in [1.807, 2.05) is 30.3 Å². The van der Waals surface area contributed by atoms with Gasteiger partial charge in [0.05, 0.1) is 39.4 Å². The quantitative estimate of drug-likeness (QED) is 0.844. The molecule has 0 radical (unpaired) electrons. The smallest absolute Gasteiger partial charge is 0.203 e. The number of methoxy groups -OCH3 is 3. The lowest BCUT2D eigenvalue weighted by molar-refractivity contribution is 0.0830. The van der Waals surface area contributed by atoms with E-state index in [4.69, 9.17) is 18.9 Å². The summed E-state index contributed by atoms with van der Waals surface area (Å²) in [4.78, 5) is 12.7. The maximum Gasteiger partial charge on any atom is 0.203 e. The number of carbonyl (C=O) groups excluding carboxylic acids is 1. The summed E-state index contributed by atoms with van der Waals surface area (Å²) >= 11 is 0. The second-order valence-corrected chi connectivity index (χ2v) is 5.57. The predicted octanol–water partition coefficient (Wildman–Crippen LogP) is 3.15. The van der Waals surface area contributed by atoms with Crippen LogP contribution in [0.3, 0.4) is 0 Å². The van der Waals surface area contributed by atoms with E-state index in [0.29, 0.717) is 41.6 Å². The maximum absolute atomic E-state index is 12.7. The number of ketones is 1. The van der Waals surface area contributed by atoms with Crippen LogP contribution in [0.15, 0.2) is 36.4 Å². The summed E-state index contributed by atoms with van der Waals surface area (Å²) in [5, 5.41) is 0. The van der Waals surface area contributed by atoms with Gasteiger partial charge in [-0.3, -0.25) is 4.79 Å². The average molecular weight is 328 g/mol. The Balaban J connectivity index is 1.91. The molecule has 0 aromatic heterocycles. The van der Waals surface area contributed by atoms with E-state index in [2.05, 4.69) is 0 Å². The molecule has 0 bridgehead atoms. The number of hydrogen-bond donors (Lipinski definition) is 0. The van der Waals surface area contributed by atoms with Gasteiger partial charge in [-0.1, -0.05) is 18.2 Å². The van der Waals surface area contributed by atoms with E-state index in [1.165, 1.54) is 0 Å². The van der Waals surface area contributed by atoms with Crippen molar-refractivity contribution in [3.8, 4) is 23.0 Å². The molecule has 2 aromatic carbocycles. The fraction of sp³-hybridized carbons (Fsp3) is 0.316. The zero-order valence-electron chi connectivity index (χ0n) is 14.0. The number of fused-ring (bicyclic) bond motifs is 1. The molecule has 3 rings (SSSR count). The number of para-hydroxylation sites is 1. The second kappa shape index (κ2) is 6.83. The van der Waals surface area contributed by atoms with Crippen LogP contribution in [0.5, 0.6) is 23.0 Å². The lowest BCUT2D eigenvalue weighted by atomic mass is 9.89. The van der Waals surface area contributed by atoms with Crippen molar-refractivity contribution in [2.24, 2.45) is 5.92 Å². The van der Waals surface area contributed by atoms with Gasteiger partial charge in [-0.25, -0.2) is 0 Å². The van der Waals surface area contributed by atoms with E-state index in [9.17, 15) is 4.79 Å². The summed E-state index contributed by atoms with van der Waals surface area (Å²) in [6, 6.07) is 11.0. The van der Waals surface area contributed by atoms with Gasteiger partial charge in [-0.15, -0.1) is 0 Å². The molecule has 0 spiro atoms. The standard InChI is InChI=1S/C19H20O5/c1-21-16-9-8-12(18(22-2)19(16)23-3)10-13-11-24-15-7-5-4-6-14(15)17(13)20/h4-9,13H,10-11H2,1-3H3. The molecule has 1 heterocycles. The molecule has 0 N–H and O–H groups in total. The highest BCUT2D eigenvalue weighted by Crippen LogP contribution is 2.41. The summed E-state index contributed by atoms with van der Waals surface area (Å²) in [6.07, 6.45) is 0.511. The maximum atomic E-state index is 12.7. The zero-order valence-corrected chi connectivity index (χ0v) is 14.0. The van der Waals surface area contributed by atoms with E-state index in [0.717, 1.165) is 5.56 Å². The average Bonchev–Trinajstić information content (AvgIpc) is 2.63. The summed E-state index contributed by atoms with van der Waals surface area (Å²) in [7, 11) is 4.72. The first-order valence-electron chi connectivity index (χ1n) is 7.73. The monoisotopic (exact) mass is 328 g/mol. The molecular formula is C19H20O5. The molecule has 0 fully saturated rings. The van der Waals surface area contributed by atoms with Crippen molar-refractivity contribution < 1.29 is 23.7 Å². The summed E-state index contributed by atoms with van der Waals surface area (Å²) in [6.45, 7) is 0.355. The molecule has 1 unspecified atom stereocenters. The molecule has 126 valence electrons. The first-order valence-corrected chi connectivity index (χ1v) is 7.73. The molecule has 0 saturated heterocycles. The molecule has 5 nitrogen and oxygen atoms in total. The van der Waals surface area contributed by atoms with Crippen LogP contribution in [0, 0.1) is 5.92 Å². The number of Topliss-reactive ketones (excluding diaryl/α,β-unsaturated/α-hetero) is 1. The SMILES string of the molecule is COc1ccc(CC2COc3ccccc3C2=O)c(OC)c1OC. The molecule has 0 saturated carbocycles. The lowest BCUT2D eigenvalue weighted by Crippen LogP contribution is -2.29. The Bertz CT molecular complexity index is 753. The third kappa shape index (κ3) is 2.77. The Morgan fingerprint density at radius 1 is 1.00 bits per heavy atom. The van der Waals surface area contributed by atoms with Crippen molar-refractivity contribution in [3.05, 3.63) is 47.5 Å². The van der Waals surface area contributed by atoms with Crippen LogP contribution in [0.2, 0.25) is 0 Å². The van der Waals surface area contributed by atoms with Gasteiger partial charge < -0.3 is 18.9 Å². The Labute approximate surface area is 141 Å². The molecule has 1 atom stereocenters. The normalized spacial score (nSPS) is 16.1. The highest BCUT2D eigenvalue weighted by molar-refractivity contribution is 6.01. The van der Waals surface area contributed by atoms with Crippen LogP contribution in [0.1, 0.15) is 15.9 Å². The van der Waals surface area contributed by atoms with Crippen molar-refractivity contribution in [1.82, 2.24) is 0 Å². The third-order valence-electron chi connectivity index (χ3n) is 4.22. The van der Waals surface area contributed by atoms with Crippen LogP contribution in [0.4, 0.5) is 0 Å². The van der Waals surface area contributed by atoms with Gasteiger partial charge in [0.15, 0.2) is 17.3 Å². The highest BCUT2D eigenvalue weighted by Gasteiger charge is 2.30. The van der Waals surface area contributed by atoms with Crippen LogP contribution >= 0.6 is 0 Å². The molecular weight excluding hydrogens is 308 g/mol. The van der Waals surface area contributed by atoms with Crippen molar-refractivity contribution in [2.45, 2.75) is 6.42 Å². The van der Waals surface area contributed by atoms with Crippen LogP contribution < -0.4 is 18.9 Å².